The lowest BCUT2D eigenvalue weighted by Gasteiger charge is -2.11. The highest BCUT2D eigenvalue weighted by Gasteiger charge is 2.18. The van der Waals surface area contributed by atoms with E-state index >= 15 is 0 Å². The Morgan fingerprint density at radius 3 is 2.62 bits per heavy atom. The van der Waals surface area contributed by atoms with E-state index in [9.17, 15) is 4.79 Å². The van der Waals surface area contributed by atoms with Gasteiger partial charge < -0.3 is 9.47 Å². The summed E-state index contributed by atoms with van der Waals surface area (Å²) in [6.07, 6.45) is 0. The molecule has 0 atom stereocenters. The van der Waals surface area contributed by atoms with Gasteiger partial charge in [-0.2, -0.15) is 0 Å². The van der Waals surface area contributed by atoms with Crippen molar-refractivity contribution in [2.75, 3.05) is 19.5 Å². The van der Waals surface area contributed by atoms with Crippen molar-refractivity contribution in [2.24, 2.45) is 0 Å². The highest BCUT2D eigenvalue weighted by molar-refractivity contribution is 7.18. The van der Waals surface area contributed by atoms with Gasteiger partial charge in [-0.05, 0) is 30.3 Å². The van der Waals surface area contributed by atoms with Crippen LogP contribution in [0.1, 0.15) is 10.4 Å². The summed E-state index contributed by atoms with van der Waals surface area (Å²) in [6.45, 7) is 0. The lowest BCUT2D eigenvalue weighted by molar-refractivity contribution is 0.102. The number of carbonyl (C=O) groups excluding carboxylic acids is 1. The molecular formula is C17H13Cl2N3O3S. The average molecular weight is 410 g/mol. The number of benzene rings is 2. The van der Waals surface area contributed by atoms with E-state index in [0.717, 1.165) is 0 Å². The van der Waals surface area contributed by atoms with Crippen LogP contribution in [-0.2, 0) is 0 Å². The zero-order valence-electron chi connectivity index (χ0n) is 13.7. The van der Waals surface area contributed by atoms with E-state index in [2.05, 4.69) is 15.5 Å². The highest BCUT2D eigenvalue weighted by atomic mass is 35.5. The molecule has 6 nitrogen and oxygen atoms in total. The summed E-state index contributed by atoms with van der Waals surface area (Å²) >= 11 is 13.3. The molecule has 0 aliphatic carbocycles. The highest BCUT2D eigenvalue weighted by Crippen LogP contribution is 2.35. The van der Waals surface area contributed by atoms with E-state index < -0.39 is 0 Å². The summed E-state index contributed by atoms with van der Waals surface area (Å²) in [5.74, 6) is 0.426. The molecule has 0 radical (unpaired) electrons. The van der Waals surface area contributed by atoms with Crippen molar-refractivity contribution in [1.29, 1.82) is 0 Å². The number of nitrogens with zero attached hydrogens (tertiary/aromatic N) is 2. The maximum atomic E-state index is 12.6. The number of hydrogen-bond acceptors (Lipinski definition) is 6. The SMILES string of the molecule is COc1cccc(C(=O)Nc2nnc(-c3ccc(Cl)cc3Cl)s2)c1OC. The van der Waals surface area contributed by atoms with Crippen molar-refractivity contribution in [1.82, 2.24) is 10.2 Å². The fraction of sp³-hybridized carbons (Fsp3) is 0.118. The first-order valence-corrected chi connectivity index (χ1v) is 8.92. The van der Waals surface area contributed by atoms with Crippen LogP contribution >= 0.6 is 34.5 Å². The molecule has 1 amide bonds. The molecule has 1 heterocycles. The molecule has 0 fully saturated rings. The van der Waals surface area contributed by atoms with Crippen molar-refractivity contribution < 1.29 is 14.3 Å². The first-order valence-electron chi connectivity index (χ1n) is 7.34. The molecule has 0 bridgehead atoms. The Bertz CT molecular complexity index is 962. The minimum absolute atomic E-state index is 0.327. The second kappa shape index (κ2) is 7.90. The number of anilines is 1. The van der Waals surface area contributed by atoms with Crippen molar-refractivity contribution in [3.8, 4) is 22.1 Å². The third kappa shape index (κ3) is 3.75. The molecule has 3 rings (SSSR count). The quantitative estimate of drug-likeness (QED) is 0.655. The lowest BCUT2D eigenvalue weighted by Crippen LogP contribution is -2.13. The normalized spacial score (nSPS) is 10.5. The maximum absolute atomic E-state index is 12.6. The molecule has 0 unspecified atom stereocenters. The minimum atomic E-state index is -0.384. The average Bonchev–Trinajstić information content (AvgIpc) is 3.08. The number of rotatable bonds is 5. The monoisotopic (exact) mass is 409 g/mol. The molecule has 0 saturated heterocycles. The van der Waals surface area contributed by atoms with Crippen LogP contribution in [0.3, 0.4) is 0 Å². The Hall–Kier alpha value is -2.35. The summed E-state index contributed by atoms with van der Waals surface area (Å²) in [7, 11) is 2.98. The second-order valence-corrected chi connectivity index (χ2v) is 6.85. The molecular weight excluding hydrogens is 397 g/mol. The number of aromatic nitrogens is 2. The fourth-order valence-corrected chi connectivity index (χ4v) is 3.61. The Balaban J connectivity index is 1.85. The largest absolute Gasteiger partial charge is 0.493 e. The maximum Gasteiger partial charge on any atom is 0.261 e. The Morgan fingerprint density at radius 2 is 1.92 bits per heavy atom. The van der Waals surface area contributed by atoms with Crippen LogP contribution in [-0.4, -0.2) is 30.3 Å². The Labute approximate surface area is 163 Å². The summed E-state index contributed by atoms with van der Waals surface area (Å²) < 4.78 is 10.5. The molecule has 3 aromatic rings. The lowest BCUT2D eigenvalue weighted by atomic mass is 10.1. The van der Waals surface area contributed by atoms with E-state index in [-0.39, 0.29) is 5.91 Å². The standard InChI is InChI=1S/C17H13Cl2N3O3S/c1-24-13-5-3-4-11(14(13)25-2)15(23)20-17-22-21-16(26-17)10-7-6-9(18)8-12(10)19/h3-8H,1-2H3,(H,20,22,23). The van der Waals surface area contributed by atoms with Gasteiger partial charge in [-0.15, -0.1) is 10.2 Å². The van der Waals surface area contributed by atoms with Crippen LogP contribution < -0.4 is 14.8 Å². The number of halogens is 2. The van der Waals surface area contributed by atoms with Crippen LogP contribution in [0.4, 0.5) is 5.13 Å². The molecule has 1 N–H and O–H groups in total. The second-order valence-electron chi connectivity index (χ2n) is 5.03. The van der Waals surface area contributed by atoms with Gasteiger partial charge in [0.25, 0.3) is 5.91 Å². The number of ether oxygens (including phenoxy) is 2. The smallest absolute Gasteiger partial charge is 0.261 e. The van der Waals surface area contributed by atoms with Crippen LogP contribution in [0.15, 0.2) is 36.4 Å². The summed E-state index contributed by atoms with van der Waals surface area (Å²) in [5, 5.41) is 12.7. The van der Waals surface area contributed by atoms with Crippen LogP contribution in [0.2, 0.25) is 10.0 Å². The van der Waals surface area contributed by atoms with Crippen molar-refractivity contribution in [2.45, 2.75) is 0 Å². The topological polar surface area (TPSA) is 73.3 Å². The number of amides is 1. The van der Waals surface area contributed by atoms with Crippen LogP contribution in [0, 0.1) is 0 Å². The predicted molar refractivity (Wildman–Crippen MR) is 103 cm³/mol. The Morgan fingerprint density at radius 1 is 1.12 bits per heavy atom. The van der Waals surface area contributed by atoms with Gasteiger partial charge in [-0.3, -0.25) is 10.1 Å². The zero-order valence-corrected chi connectivity index (χ0v) is 16.1. The first-order chi connectivity index (χ1) is 12.5. The molecule has 0 aliphatic heterocycles. The zero-order chi connectivity index (χ0) is 18.7. The number of carbonyl (C=O) groups is 1. The van der Waals surface area contributed by atoms with Gasteiger partial charge in [0.05, 0.1) is 24.8 Å². The number of methoxy groups -OCH3 is 2. The van der Waals surface area contributed by atoms with Gasteiger partial charge in [-0.25, -0.2) is 0 Å². The minimum Gasteiger partial charge on any atom is -0.493 e. The van der Waals surface area contributed by atoms with E-state index in [1.165, 1.54) is 25.6 Å². The number of nitrogens with one attached hydrogen (secondary N) is 1. The van der Waals surface area contributed by atoms with Gasteiger partial charge in [0.1, 0.15) is 0 Å². The van der Waals surface area contributed by atoms with Gasteiger partial charge in [-0.1, -0.05) is 40.6 Å². The van der Waals surface area contributed by atoms with E-state index in [4.69, 9.17) is 32.7 Å². The first kappa shape index (κ1) is 18.4. The van der Waals surface area contributed by atoms with Gasteiger partial charge in [0.2, 0.25) is 5.13 Å². The van der Waals surface area contributed by atoms with E-state index in [1.54, 1.807) is 36.4 Å². The molecule has 0 spiro atoms. The van der Waals surface area contributed by atoms with Gasteiger partial charge >= 0.3 is 0 Å². The number of para-hydroxylation sites is 1. The van der Waals surface area contributed by atoms with E-state index in [0.29, 0.717) is 42.8 Å². The molecule has 134 valence electrons. The molecule has 26 heavy (non-hydrogen) atoms. The van der Waals surface area contributed by atoms with Crippen molar-refractivity contribution in [3.63, 3.8) is 0 Å². The van der Waals surface area contributed by atoms with Crippen molar-refractivity contribution in [3.05, 3.63) is 52.0 Å². The van der Waals surface area contributed by atoms with Crippen LogP contribution in [0.25, 0.3) is 10.6 Å². The third-order valence-electron chi connectivity index (χ3n) is 3.45. The van der Waals surface area contributed by atoms with Gasteiger partial charge in [0, 0.05) is 10.6 Å². The summed E-state index contributed by atoms with van der Waals surface area (Å²) in [6, 6.07) is 10.1. The molecule has 9 heteroatoms. The summed E-state index contributed by atoms with van der Waals surface area (Å²) in [5.41, 5.74) is 1.01. The van der Waals surface area contributed by atoms with E-state index in [1.807, 2.05) is 0 Å². The molecule has 0 aliphatic rings. The Kier molecular flexibility index (Phi) is 5.61. The fourth-order valence-electron chi connectivity index (χ4n) is 2.28. The number of hydrogen-bond donors (Lipinski definition) is 1. The molecule has 0 saturated carbocycles. The van der Waals surface area contributed by atoms with Gasteiger partial charge in [0.15, 0.2) is 16.5 Å². The third-order valence-corrected chi connectivity index (χ3v) is 4.87. The molecule has 1 aromatic heterocycles. The van der Waals surface area contributed by atoms with Crippen LogP contribution in [0.5, 0.6) is 11.5 Å². The van der Waals surface area contributed by atoms with Crippen molar-refractivity contribution >= 4 is 45.6 Å². The molecule has 2 aromatic carbocycles. The summed E-state index contributed by atoms with van der Waals surface area (Å²) in [4.78, 5) is 12.6. The predicted octanol–water partition coefficient (Wildman–Crippen LogP) is 4.78.